The third kappa shape index (κ3) is 3.47. The molecule has 0 saturated heterocycles. The van der Waals surface area contributed by atoms with E-state index in [1.807, 2.05) is 0 Å². The van der Waals surface area contributed by atoms with Crippen LogP contribution < -0.4 is 0 Å². The van der Waals surface area contributed by atoms with E-state index in [2.05, 4.69) is 13.8 Å². The number of ether oxygens (including phenoxy) is 1. The van der Waals surface area contributed by atoms with Gasteiger partial charge in [-0.05, 0) is 31.6 Å². The molecule has 2 aliphatic rings. The molecular weight excluding hydrogens is 256 g/mol. The topological polar surface area (TPSA) is 9.23 Å². The summed E-state index contributed by atoms with van der Waals surface area (Å²) < 4.78 is 6.31. The number of halogens is 1. The van der Waals surface area contributed by atoms with Gasteiger partial charge in [0, 0.05) is 17.4 Å². The fraction of sp³-hybridized carbons (Fsp3) is 1.00. The van der Waals surface area contributed by atoms with Crippen molar-refractivity contribution in [2.75, 3.05) is 6.61 Å². The molecule has 0 aromatic heterocycles. The van der Waals surface area contributed by atoms with Crippen molar-refractivity contribution in [2.45, 2.75) is 89.5 Å². The van der Waals surface area contributed by atoms with Gasteiger partial charge in [0.2, 0.25) is 0 Å². The zero-order valence-corrected chi connectivity index (χ0v) is 13.6. The van der Waals surface area contributed by atoms with E-state index in [-0.39, 0.29) is 0 Å². The number of alkyl halides is 1. The molecule has 0 aromatic rings. The summed E-state index contributed by atoms with van der Waals surface area (Å²) in [6.07, 6.45) is 13.5. The molecule has 1 spiro atoms. The summed E-state index contributed by atoms with van der Waals surface area (Å²) in [5.74, 6) is 0.759. The second-order valence-electron chi connectivity index (χ2n) is 6.74. The fourth-order valence-corrected chi connectivity index (χ4v) is 4.45. The third-order valence-electron chi connectivity index (χ3n) is 5.55. The van der Waals surface area contributed by atoms with Gasteiger partial charge in [-0.1, -0.05) is 52.4 Å². The Morgan fingerprint density at radius 1 is 1.21 bits per heavy atom. The molecule has 3 atom stereocenters. The number of unbranched alkanes of at least 4 members (excludes halogenated alkanes) is 1. The van der Waals surface area contributed by atoms with E-state index in [0.29, 0.717) is 16.9 Å². The van der Waals surface area contributed by atoms with Gasteiger partial charge in [0.15, 0.2) is 0 Å². The Balaban J connectivity index is 1.79. The van der Waals surface area contributed by atoms with Gasteiger partial charge in [-0.3, -0.25) is 0 Å². The van der Waals surface area contributed by atoms with Crippen molar-refractivity contribution in [1.82, 2.24) is 0 Å². The highest BCUT2D eigenvalue weighted by Gasteiger charge is 2.54. The molecule has 2 heteroatoms. The minimum absolute atomic E-state index is 0.350. The Hall–Kier alpha value is 0.250. The van der Waals surface area contributed by atoms with Gasteiger partial charge in [-0.25, -0.2) is 0 Å². The third-order valence-corrected chi connectivity index (χ3v) is 6.16. The second kappa shape index (κ2) is 7.31. The molecule has 2 saturated carbocycles. The van der Waals surface area contributed by atoms with Crippen LogP contribution in [-0.2, 0) is 4.74 Å². The number of rotatable bonds is 7. The van der Waals surface area contributed by atoms with Crippen molar-refractivity contribution in [2.24, 2.45) is 11.3 Å². The van der Waals surface area contributed by atoms with E-state index >= 15 is 0 Å². The van der Waals surface area contributed by atoms with Crippen molar-refractivity contribution in [3.63, 3.8) is 0 Å². The van der Waals surface area contributed by atoms with Crippen molar-refractivity contribution < 1.29 is 4.74 Å². The molecule has 112 valence electrons. The molecule has 0 N–H and O–H groups in total. The highest BCUT2D eigenvalue weighted by Crippen LogP contribution is 2.55. The molecule has 0 radical (unpaired) electrons. The first-order chi connectivity index (χ1) is 9.23. The first-order valence-electron chi connectivity index (χ1n) is 8.48. The maximum atomic E-state index is 6.53. The summed E-state index contributed by atoms with van der Waals surface area (Å²) in [6.45, 7) is 5.53. The highest BCUT2D eigenvalue weighted by molar-refractivity contribution is 6.21. The Labute approximate surface area is 124 Å². The van der Waals surface area contributed by atoms with Crippen molar-refractivity contribution in [3.8, 4) is 0 Å². The van der Waals surface area contributed by atoms with Crippen LogP contribution in [0.3, 0.4) is 0 Å². The fourth-order valence-electron chi connectivity index (χ4n) is 3.93. The van der Waals surface area contributed by atoms with Crippen molar-refractivity contribution in [1.29, 1.82) is 0 Å². The Morgan fingerprint density at radius 3 is 2.53 bits per heavy atom. The van der Waals surface area contributed by atoms with Gasteiger partial charge < -0.3 is 4.74 Å². The van der Waals surface area contributed by atoms with Gasteiger partial charge in [-0.2, -0.15) is 0 Å². The van der Waals surface area contributed by atoms with Gasteiger partial charge in [-0.15, -0.1) is 11.6 Å². The van der Waals surface area contributed by atoms with Crippen LogP contribution in [0, 0.1) is 11.3 Å². The lowest BCUT2D eigenvalue weighted by Crippen LogP contribution is -2.56. The Morgan fingerprint density at radius 2 is 1.95 bits per heavy atom. The van der Waals surface area contributed by atoms with Crippen LogP contribution >= 0.6 is 11.6 Å². The average Bonchev–Trinajstić information content (AvgIpc) is 2.47. The number of hydrogen-bond donors (Lipinski definition) is 0. The van der Waals surface area contributed by atoms with Gasteiger partial charge >= 0.3 is 0 Å². The molecule has 0 amide bonds. The summed E-state index contributed by atoms with van der Waals surface area (Å²) in [5.41, 5.74) is 0.350. The summed E-state index contributed by atoms with van der Waals surface area (Å²) in [6, 6.07) is 0. The SMILES string of the molecule is CCCCC(CC)COC1CC(Cl)C12CCCCC2. The van der Waals surface area contributed by atoms with E-state index in [0.717, 1.165) is 18.9 Å². The van der Waals surface area contributed by atoms with Crippen LogP contribution in [0.25, 0.3) is 0 Å². The van der Waals surface area contributed by atoms with Crippen molar-refractivity contribution >= 4 is 11.6 Å². The van der Waals surface area contributed by atoms with E-state index in [1.54, 1.807) is 0 Å². The molecule has 0 aromatic carbocycles. The first kappa shape index (κ1) is 15.6. The monoisotopic (exact) mass is 286 g/mol. The van der Waals surface area contributed by atoms with Crippen LogP contribution in [0.5, 0.6) is 0 Å². The van der Waals surface area contributed by atoms with Crippen LogP contribution in [0.4, 0.5) is 0 Å². The molecule has 0 aliphatic heterocycles. The average molecular weight is 287 g/mol. The normalized spacial score (nSPS) is 31.1. The molecule has 2 aliphatic carbocycles. The van der Waals surface area contributed by atoms with E-state index < -0.39 is 0 Å². The molecule has 2 fully saturated rings. The predicted octanol–water partition coefficient (Wildman–Crippen LogP) is 5.55. The van der Waals surface area contributed by atoms with Gasteiger partial charge in [0.25, 0.3) is 0 Å². The lowest BCUT2D eigenvalue weighted by molar-refractivity contribution is -0.132. The first-order valence-corrected chi connectivity index (χ1v) is 8.92. The zero-order valence-electron chi connectivity index (χ0n) is 12.8. The zero-order chi connectivity index (χ0) is 13.7. The molecule has 0 bridgehead atoms. The molecule has 2 rings (SSSR count). The lowest BCUT2D eigenvalue weighted by atomic mass is 9.58. The van der Waals surface area contributed by atoms with Crippen LogP contribution in [0.1, 0.15) is 78.1 Å². The molecule has 3 unspecified atom stereocenters. The van der Waals surface area contributed by atoms with Crippen molar-refractivity contribution in [3.05, 3.63) is 0 Å². The summed E-state index contributed by atoms with van der Waals surface area (Å²) >= 11 is 6.53. The minimum atomic E-state index is 0.350. The van der Waals surface area contributed by atoms with Crippen LogP contribution in [0.2, 0.25) is 0 Å². The van der Waals surface area contributed by atoms with Crippen LogP contribution in [-0.4, -0.2) is 18.1 Å². The van der Waals surface area contributed by atoms with Gasteiger partial charge in [0.05, 0.1) is 6.10 Å². The molecule has 19 heavy (non-hydrogen) atoms. The molecule has 1 nitrogen and oxygen atoms in total. The minimum Gasteiger partial charge on any atom is -0.377 e. The lowest BCUT2D eigenvalue weighted by Gasteiger charge is -2.55. The maximum absolute atomic E-state index is 6.53. The summed E-state index contributed by atoms with van der Waals surface area (Å²) in [7, 11) is 0. The maximum Gasteiger partial charge on any atom is 0.0659 e. The van der Waals surface area contributed by atoms with Crippen LogP contribution in [0.15, 0.2) is 0 Å². The van der Waals surface area contributed by atoms with E-state index in [9.17, 15) is 0 Å². The van der Waals surface area contributed by atoms with E-state index in [4.69, 9.17) is 16.3 Å². The summed E-state index contributed by atoms with van der Waals surface area (Å²) in [4.78, 5) is 0. The largest absolute Gasteiger partial charge is 0.377 e. The van der Waals surface area contributed by atoms with Gasteiger partial charge in [0.1, 0.15) is 0 Å². The molecular formula is C17H31ClO. The predicted molar refractivity (Wildman–Crippen MR) is 82.8 cm³/mol. The Kier molecular flexibility index (Phi) is 6.02. The quantitative estimate of drug-likeness (QED) is 0.558. The highest BCUT2D eigenvalue weighted by atomic mass is 35.5. The number of hydrogen-bond acceptors (Lipinski definition) is 1. The molecule has 0 heterocycles. The standard InChI is InChI=1S/C17H31ClO/c1-3-5-9-14(4-2)13-19-16-12-15(18)17(16)10-7-6-8-11-17/h14-16H,3-13H2,1-2H3. The Bertz CT molecular complexity index is 260. The smallest absolute Gasteiger partial charge is 0.0659 e. The second-order valence-corrected chi connectivity index (χ2v) is 7.26. The summed E-state index contributed by atoms with van der Waals surface area (Å²) in [5, 5.41) is 0.383. The van der Waals surface area contributed by atoms with E-state index in [1.165, 1.54) is 57.8 Å².